The Morgan fingerprint density at radius 3 is 2.67 bits per heavy atom. The second-order valence-electron chi connectivity index (χ2n) is 3.49. The molecule has 2 aromatic rings. The fraction of sp³-hybridized carbons (Fsp3) is 0. The SMILES string of the molecule is O=C(Nc1ccnc(Cl)c1)c1ccc(Cl)c(S)c1. The largest absolute Gasteiger partial charge is 0.322 e. The van der Waals surface area contributed by atoms with Gasteiger partial charge in [-0.1, -0.05) is 23.2 Å². The quantitative estimate of drug-likeness (QED) is 0.651. The minimum atomic E-state index is -0.260. The first-order valence-corrected chi connectivity index (χ1v) is 6.18. The van der Waals surface area contributed by atoms with Crippen LogP contribution in [0.25, 0.3) is 0 Å². The van der Waals surface area contributed by atoms with Crippen molar-refractivity contribution in [3.05, 3.63) is 52.3 Å². The number of nitrogens with one attached hydrogen (secondary N) is 1. The van der Waals surface area contributed by atoms with Gasteiger partial charge in [0.05, 0.1) is 5.02 Å². The summed E-state index contributed by atoms with van der Waals surface area (Å²) < 4.78 is 0. The number of thiol groups is 1. The molecule has 0 radical (unpaired) electrons. The summed E-state index contributed by atoms with van der Waals surface area (Å²) in [5.41, 5.74) is 1.05. The number of benzene rings is 1. The van der Waals surface area contributed by atoms with Crippen LogP contribution < -0.4 is 5.32 Å². The number of amides is 1. The maximum absolute atomic E-state index is 11.9. The molecule has 0 spiro atoms. The number of aromatic nitrogens is 1. The first-order valence-electron chi connectivity index (χ1n) is 4.97. The van der Waals surface area contributed by atoms with Gasteiger partial charge >= 0.3 is 0 Å². The van der Waals surface area contributed by atoms with Crippen LogP contribution >= 0.6 is 35.8 Å². The van der Waals surface area contributed by atoms with E-state index in [-0.39, 0.29) is 5.91 Å². The smallest absolute Gasteiger partial charge is 0.255 e. The molecule has 0 unspecified atom stereocenters. The first-order chi connectivity index (χ1) is 8.56. The lowest BCUT2D eigenvalue weighted by molar-refractivity contribution is 0.102. The molecule has 1 aromatic carbocycles. The molecule has 92 valence electrons. The molecule has 0 saturated heterocycles. The van der Waals surface area contributed by atoms with Gasteiger partial charge in [0, 0.05) is 22.3 Å². The fourth-order valence-corrected chi connectivity index (χ4v) is 1.84. The van der Waals surface area contributed by atoms with Crippen LogP contribution in [0.5, 0.6) is 0 Å². The molecule has 0 aliphatic carbocycles. The van der Waals surface area contributed by atoms with Crippen molar-refractivity contribution in [3.63, 3.8) is 0 Å². The number of halogens is 2. The molecule has 0 fully saturated rings. The highest BCUT2D eigenvalue weighted by Gasteiger charge is 2.08. The molecule has 0 aliphatic heterocycles. The zero-order chi connectivity index (χ0) is 13.1. The van der Waals surface area contributed by atoms with Crippen molar-refractivity contribution in [1.29, 1.82) is 0 Å². The number of hydrogen-bond acceptors (Lipinski definition) is 3. The van der Waals surface area contributed by atoms with Crippen LogP contribution in [0.15, 0.2) is 41.4 Å². The Bertz CT molecular complexity index is 604. The third kappa shape index (κ3) is 3.16. The number of nitrogens with zero attached hydrogens (tertiary/aromatic N) is 1. The number of hydrogen-bond donors (Lipinski definition) is 2. The van der Waals surface area contributed by atoms with E-state index in [9.17, 15) is 4.79 Å². The van der Waals surface area contributed by atoms with Crippen molar-refractivity contribution in [2.75, 3.05) is 5.32 Å². The van der Waals surface area contributed by atoms with E-state index in [4.69, 9.17) is 23.2 Å². The Kier molecular flexibility index (Phi) is 4.11. The van der Waals surface area contributed by atoms with Gasteiger partial charge in [-0.25, -0.2) is 4.98 Å². The Balaban J connectivity index is 2.19. The number of carbonyl (C=O) groups excluding carboxylic acids is 1. The van der Waals surface area contributed by atoms with Crippen LogP contribution in [0.3, 0.4) is 0 Å². The van der Waals surface area contributed by atoms with Gasteiger partial charge in [0.15, 0.2) is 0 Å². The maximum Gasteiger partial charge on any atom is 0.255 e. The molecule has 0 aliphatic rings. The highest BCUT2D eigenvalue weighted by atomic mass is 35.5. The predicted molar refractivity (Wildman–Crippen MR) is 75.9 cm³/mol. The van der Waals surface area contributed by atoms with Crippen molar-refractivity contribution in [3.8, 4) is 0 Å². The zero-order valence-electron chi connectivity index (χ0n) is 9.02. The van der Waals surface area contributed by atoms with E-state index in [1.165, 1.54) is 6.20 Å². The molecule has 1 N–H and O–H groups in total. The highest BCUT2D eigenvalue weighted by Crippen LogP contribution is 2.21. The molecule has 1 heterocycles. The van der Waals surface area contributed by atoms with Gasteiger partial charge in [-0.3, -0.25) is 4.79 Å². The molecule has 6 heteroatoms. The lowest BCUT2D eigenvalue weighted by Crippen LogP contribution is -2.11. The lowest BCUT2D eigenvalue weighted by Gasteiger charge is -2.06. The van der Waals surface area contributed by atoms with Gasteiger partial charge < -0.3 is 5.32 Å². The number of carbonyl (C=O) groups is 1. The lowest BCUT2D eigenvalue weighted by atomic mass is 10.2. The summed E-state index contributed by atoms with van der Waals surface area (Å²) in [6.45, 7) is 0. The van der Waals surface area contributed by atoms with E-state index in [0.29, 0.717) is 26.3 Å². The summed E-state index contributed by atoms with van der Waals surface area (Å²) in [5.74, 6) is -0.260. The van der Waals surface area contributed by atoms with E-state index >= 15 is 0 Å². The Morgan fingerprint density at radius 1 is 1.22 bits per heavy atom. The van der Waals surface area contributed by atoms with E-state index in [1.807, 2.05) is 0 Å². The summed E-state index contributed by atoms with van der Waals surface area (Å²) in [7, 11) is 0. The van der Waals surface area contributed by atoms with E-state index in [2.05, 4.69) is 22.9 Å². The van der Waals surface area contributed by atoms with Gasteiger partial charge in [-0.15, -0.1) is 12.6 Å². The third-order valence-corrected chi connectivity index (χ3v) is 3.23. The van der Waals surface area contributed by atoms with Crippen LogP contribution in [-0.4, -0.2) is 10.9 Å². The fourth-order valence-electron chi connectivity index (χ4n) is 1.34. The molecule has 0 atom stereocenters. The molecule has 1 aromatic heterocycles. The summed E-state index contributed by atoms with van der Waals surface area (Å²) in [6, 6.07) is 8.07. The second-order valence-corrected chi connectivity index (χ2v) is 4.76. The molecule has 18 heavy (non-hydrogen) atoms. The standard InChI is InChI=1S/C12H8Cl2N2OS/c13-9-2-1-7(5-10(9)18)12(17)16-8-3-4-15-11(14)6-8/h1-6,18H,(H,15,16,17). The van der Waals surface area contributed by atoms with Crippen molar-refractivity contribution in [1.82, 2.24) is 4.98 Å². The molecular formula is C12H8Cl2N2OS. The Labute approximate surface area is 120 Å². The number of anilines is 1. The average molecular weight is 299 g/mol. The van der Waals surface area contributed by atoms with Crippen LogP contribution in [0.2, 0.25) is 10.2 Å². The van der Waals surface area contributed by atoms with Gasteiger partial charge in [-0.2, -0.15) is 0 Å². The predicted octanol–water partition coefficient (Wildman–Crippen LogP) is 3.93. The van der Waals surface area contributed by atoms with Gasteiger partial charge in [-0.05, 0) is 30.3 Å². The van der Waals surface area contributed by atoms with Crippen molar-refractivity contribution in [2.24, 2.45) is 0 Å². The maximum atomic E-state index is 11.9. The minimum Gasteiger partial charge on any atom is -0.322 e. The highest BCUT2D eigenvalue weighted by molar-refractivity contribution is 7.80. The Morgan fingerprint density at radius 2 is 2.00 bits per heavy atom. The molecule has 0 bridgehead atoms. The molecule has 3 nitrogen and oxygen atoms in total. The first kappa shape index (κ1) is 13.2. The number of pyridine rings is 1. The van der Waals surface area contributed by atoms with Crippen LogP contribution in [-0.2, 0) is 0 Å². The third-order valence-electron chi connectivity index (χ3n) is 2.19. The Hall–Kier alpha value is -1.23. The van der Waals surface area contributed by atoms with Gasteiger partial charge in [0.25, 0.3) is 5.91 Å². The summed E-state index contributed by atoms with van der Waals surface area (Å²) in [4.78, 5) is 16.3. The topological polar surface area (TPSA) is 42.0 Å². The van der Waals surface area contributed by atoms with Crippen LogP contribution in [0.1, 0.15) is 10.4 Å². The van der Waals surface area contributed by atoms with E-state index in [0.717, 1.165) is 0 Å². The molecular weight excluding hydrogens is 291 g/mol. The molecule has 2 rings (SSSR count). The average Bonchev–Trinajstić information content (AvgIpc) is 2.32. The summed E-state index contributed by atoms with van der Waals surface area (Å²) >= 11 is 15.7. The van der Waals surface area contributed by atoms with E-state index in [1.54, 1.807) is 30.3 Å². The van der Waals surface area contributed by atoms with Crippen molar-refractivity contribution in [2.45, 2.75) is 4.90 Å². The summed E-state index contributed by atoms with van der Waals surface area (Å²) in [6.07, 6.45) is 1.52. The van der Waals surface area contributed by atoms with Crippen LogP contribution in [0.4, 0.5) is 5.69 Å². The molecule has 0 saturated carbocycles. The van der Waals surface area contributed by atoms with Crippen LogP contribution in [0, 0.1) is 0 Å². The van der Waals surface area contributed by atoms with Gasteiger partial charge in [0.2, 0.25) is 0 Å². The molecule has 1 amide bonds. The monoisotopic (exact) mass is 298 g/mol. The van der Waals surface area contributed by atoms with E-state index < -0.39 is 0 Å². The van der Waals surface area contributed by atoms with Crippen molar-refractivity contribution < 1.29 is 4.79 Å². The summed E-state index contributed by atoms with van der Waals surface area (Å²) in [5, 5.41) is 3.53. The second kappa shape index (κ2) is 5.61. The minimum absolute atomic E-state index is 0.260. The number of rotatable bonds is 2. The van der Waals surface area contributed by atoms with Gasteiger partial charge in [0.1, 0.15) is 5.15 Å². The normalized spacial score (nSPS) is 10.2. The van der Waals surface area contributed by atoms with Crippen molar-refractivity contribution >= 4 is 47.4 Å². The zero-order valence-corrected chi connectivity index (χ0v) is 11.4.